The molecule has 5 N–H and O–H groups in total. The van der Waals surface area contributed by atoms with E-state index in [1.54, 1.807) is 18.8 Å². The number of likely N-dealkylation sites (N-methyl/N-ethyl adjacent to an activating group) is 1. The smallest absolute Gasteiger partial charge is 0.315 e. The Hall–Kier alpha value is -1.13. The van der Waals surface area contributed by atoms with Gasteiger partial charge in [-0.3, -0.25) is 9.59 Å². The number of fused-ring (bicyclic) bond motifs is 1. The molecule has 5 unspecified atom stereocenters. The molecule has 0 aliphatic carbocycles. The number of carbonyl (C=O) groups is 3. The van der Waals surface area contributed by atoms with Gasteiger partial charge in [0.05, 0.1) is 23.5 Å². The molecule has 2 aliphatic heterocycles. The van der Waals surface area contributed by atoms with Crippen LogP contribution in [0.5, 0.6) is 0 Å². The predicted molar refractivity (Wildman–Crippen MR) is 171 cm³/mol. The van der Waals surface area contributed by atoms with Crippen molar-refractivity contribution < 1.29 is 14.4 Å². The Balaban J connectivity index is 1.76. The van der Waals surface area contributed by atoms with Gasteiger partial charge in [-0.2, -0.15) is 11.8 Å². The van der Waals surface area contributed by atoms with Gasteiger partial charge in [0.1, 0.15) is 0 Å². The Bertz CT molecular complexity index is 764. The maximum absolute atomic E-state index is 12.9. The van der Waals surface area contributed by atoms with Crippen molar-refractivity contribution in [1.82, 2.24) is 26.6 Å². The molecule has 0 aromatic heterocycles. The minimum atomic E-state index is -0.309. The van der Waals surface area contributed by atoms with Gasteiger partial charge in [-0.05, 0) is 40.0 Å². The van der Waals surface area contributed by atoms with Gasteiger partial charge in [-0.15, -0.1) is 11.8 Å². The van der Waals surface area contributed by atoms with Crippen LogP contribution in [0.25, 0.3) is 0 Å². The Morgan fingerprint density at radius 3 is 2.33 bits per heavy atom. The van der Waals surface area contributed by atoms with Gasteiger partial charge >= 0.3 is 6.03 Å². The summed E-state index contributed by atoms with van der Waals surface area (Å²) in [7, 11) is 1.67. The molecule has 0 aromatic rings. The van der Waals surface area contributed by atoms with Crippen LogP contribution in [0.15, 0.2) is 0 Å². The molecule has 2 saturated heterocycles. The van der Waals surface area contributed by atoms with E-state index in [1.807, 2.05) is 11.8 Å². The Kier molecular flexibility index (Phi) is 16.8. The van der Waals surface area contributed by atoms with Crippen molar-refractivity contribution in [3.8, 4) is 0 Å². The normalized spacial score (nSPS) is 21.8. The second-order valence-corrected chi connectivity index (χ2v) is 14.9. The standard InChI is InChI=1S/C30H57N5O3S2/c1-6-7-8-9-10-11-12-13-14-19-26(40-21-23(28(37)31-5)35-30(2,3)4)33-25(36)18-16-15-17-24-27-22(20-39-24)32-29(38)34-27/h22-24,26-27,35H,6-21H2,1-5H3,(H,31,37)(H,33,36)(H2,32,34,38). The van der Waals surface area contributed by atoms with Crippen LogP contribution in [-0.4, -0.2) is 70.7 Å². The van der Waals surface area contributed by atoms with E-state index in [2.05, 4.69) is 54.3 Å². The first-order chi connectivity index (χ1) is 19.1. The van der Waals surface area contributed by atoms with Crippen LogP contribution in [-0.2, 0) is 9.59 Å². The number of unbranched alkanes of at least 4 members (excludes halogenated alkanes) is 9. The number of nitrogens with one attached hydrogen (secondary N) is 5. The molecule has 40 heavy (non-hydrogen) atoms. The van der Waals surface area contributed by atoms with Crippen molar-refractivity contribution in [1.29, 1.82) is 0 Å². The second kappa shape index (κ2) is 19.1. The lowest BCUT2D eigenvalue weighted by Crippen LogP contribution is -2.52. The number of hydrogen-bond donors (Lipinski definition) is 5. The molecule has 5 atom stereocenters. The predicted octanol–water partition coefficient (Wildman–Crippen LogP) is 5.31. The molecule has 0 saturated carbocycles. The minimum Gasteiger partial charge on any atom is -0.358 e. The topological polar surface area (TPSA) is 111 Å². The zero-order valence-corrected chi connectivity index (χ0v) is 27.4. The number of thioether (sulfide) groups is 2. The van der Waals surface area contributed by atoms with Crippen molar-refractivity contribution in [3.63, 3.8) is 0 Å². The molecular formula is C30H57N5O3S2. The molecule has 2 fully saturated rings. The van der Waals surface area contributed by atoms with Crippen LogP contribution < -0.4 is 26.6 Å². The maximum atomic E-state index is 12.9. The number of amides is 4. The fraction of sp³-hybridized carbons (Fsp3) is 0.900. The number of hydrogen-bond acceptors (Lipinski definition) is 6. The highest BCUT2D eigenvalue weighted by atomic mass is 32.2. The van der Waals surface area contributed by atoms with Crippen molar-refractivity contribution in [3.05, 3.63) is 0 Å². The lowest BCUT2D eigenvalue weighted by Gasteiger charge is -2.28. The third kappa shape index (κ3) is 14.2. The third-order valence-electron chi connectivity index (χ3n) is 7.61. The minimum absolute atomic E-state index is 0.0110. The highest BCUT2D eigenvalue weighted by Crippen LogP contribution is 2.33. The average Bonchev–Trinajstić information content (AvgIpc) is 3.45. The van der Waals surface area contributed by atoms with Crippen LogP contribution in [0.1, 0.15) is 118 Å². The highest BCUT2D eigenvalue weighted by Gasteiger charge is 2.42. The average molecular weight is 600 g/mol. The summed E-state index contributed by atoms with van der Waals surface area (Å²) in [5, 5.41) is 16.0. The largest absolute Gasteiger partial charge is 0.358 e. The Morgan fingerprint density at radius 1 is 1.00 bits per heavy atom. The van der Waals surface area contributed by atoms with E-state index in [-0.39, 0.29) is 46.9 Å². The van der Waals surface area contributed by atoms with Gasteiger partial charge in [0.2, 0.25) is 11.8 Å². The van der Waals surface area contributed by atoms with Crippen LogP contribution in [0.2, 0.25) is 0 Å². The first-order valence-corrected chi connectivity index (χ1v) is 17.8. The van der Waals surface area contributed by atoms with Gasteiger partial charge in [0.15, 0.2) is 0 Å². The summed E-state index contributed by atoms with van der Waals surface area (Å²) in [5.74, 6) is 1.66. The van der Waals surface area contributed by atoms with Crippen molar-refractivity contribution in [2.75, 3.05) is 18.6 Å². The zero-order chi connectivity index (χ0) is 29.4. The first-order valence-electron chi connectivity index (χ1n) is 15.7. The van der Waals surface area contributed by atoms with E-state index in [4.69, 9.17) is 0 Å². The molecule has 2 heterocycles. The van der Waals surface area contributed by atoms with Crippen LogP contribution in [0, 0.1) is 0 Å². The maximum Gasteiger partial charge on any atom is 0.315 e. The fourth-order valence-corrected chi connectivity index (χ4v) is 8.21. The van der Waals surface area contributed by atoms with Gasteiger partial charge < -0.3 is 26.6 Å². The van der Waals surface area contributed by atoms with E-state index in [0.717, 1.165) is 37.9 Å². The molecule has 0 bridgehead atoms. The van der Waals surface area contributed by atoms with Crippen molar-refractivity contribution >= 4 is 41.4 Å². The van der Waals surface area contributed by atoms with E-state index in [0.29, 0.717) is 17.4 Å². The van der Waals surface area contributed by atoms with E-state index in [1.165, 1.54) is 51.4 Å². The van der Waals surface area contributed by atoms with Gasteiger partial charge in [-0.25, -0.2) is 4.79 Å². The number of carbonyl (C=O) groups excluding carboxylic acids is 3. The van der Waals surface area contributed by atoms with Gasteiger partial charge in [-0.1, -0.05) is 71.1 Å². The molecule has 8 nitrogen and oxygen atoms in total. The fourth-order valence-electron chi connectivity index (χ4n) is 5.46. The molecule has 0 radical (unpaired) electrons. The number of urea groups is 1. The van der Waals surface area contributed by atoms with E-state index >= 15 is 0 Å². The summed E-state index contributed by atoms with van der Waals surface area (Å²) >= 11 is 3.61. The molecule has 0 aromatic carbocycles. The molecule has 4 amide bonds. The van der Waals surface area contributed by atoms with Crippen molar-refractivity contribution in [2.45, 2.75) is 152 Å². The van der Waals surface area contributed by atoms with Crippen LogP contribution >= 0.6 is 23.5 Å². The van der Waals surface area contributed by atoms with Gasteiger partial charge in [0, 0.05) is 35.8 Å². The monoisotopic (exact) mass is 599 g/mol. The summed E-state index contributed by atoms with van der Waals surface area (Å²) in [5.41, 5.74) is -0.178. The summed E-state index contributed by atoms with van der Waals surface area (Å²) < 4.78 is 0. The first kappa shape index (κ1) is 35.1. The molecular weight excluding hydrogens is 542 g/mol. The highest BCUT2D eigenvalue weighted by molar-refractivity contribution is 8.00. The third-order valence-corrected chi connectivity index (χ3v) is 10.4. The van der Waals surface area contributed by atoms with Crippen LogP contribution in [0.3, 0.4) is 0 Å². The summed E-state index contributed by atoms with van der Waals surface area (Å²) in [6, 6.07) is 0.108. The zero-order valence-electron chi connectivity index (χ0n) is 25.7. The van der Waals surface area contributed by atoms with E-state index in [9.17, 15) is 14.4 Å². The van der Waals surface area contributed by atoms with Gasteiger partial charge in [0.25, 0.3) is 0 Å². The molecule has 232 valence electrons. The SMILES string of the molecule is CCCCCCCCCCCC(NC(=O)CCCCC1SCC2NC(=O)NC21)SCC(NC(C)(C)C)C(=O)NC. The van der Waals surface area contributed by atoms with E-state index < -0.39 is 0 Å². The lowest BCUT2D eigenvalue weighted by atomic mass is 10.0. The summed E-state index contributed by atoms with van der Waals surface area (Å²) in [4.78, 5) is 37.0. The quantitative estimate of drug-likeness (QED) is 0.0695. The number of rotatable bonds is 21. The summed E-state index contributed by atoms with van der Waals surface area (Å²) in [6.45, 7) is 8.45. The Labute approximate surface area is 252 Å². The lowest BCUT2D eigenvalue weighted by molar-refractivity contribution is -0.122. The second-order valence-electron chi connectivity index (χ2n) is 12.4. The molecule has 10 heteroatoms. The molecule has 2 rings (SSSR count). The summed E-state index contributed by atoms with van der Waals surface area (Å²) in [6.07, 6.45) is 15.8. The Morgan fingerprint density at radius 2 is 1.68 bits per heavy atom. The molecule has 0 spiro atoms. The van der Waals surface area contributed by atoms with Crippen molar-refractivity contribution in [2.24, 2.45) is 0 Å². The molecule has 2 aliphatic rings. The van der Waals surface area contributed by atoms with Crippen LogP contribution in [0.4, 0.5) is 4.79 Å².